The van der Waals surface area contributed by atoms with Gasteiger partial charge in [0, 0.05) is 28.3 Å². The van der Waals surface area contributed by atoms with Gasteiger partial charge < -0.3 is 9.88 Å². The van der Waals surface area contributed by atoms with Gasteiger partial charge in [0.05, 0.1) is 0 Å². The summed E-state index contributed by atoms with van der Waals surface area (Å²) in [4.78, 5) is 25.3. The van der Waals surface area contributed by atoms with Crippen molar-refractivity contribution < 1.29 is 9.59 Å². The predicted octanol–water partition coefficient (Wildman–Crippen LogP) is 4.48. The molecular formula is C22H22N2O2. The first kappa shape index (κ1) is 17.7. The fraction of sp³-hybridized carbons (Fsp3) is 0.182. The maximum Gasteiger partial charge on any atom is 0.296 e. The molecule has 2 aromatic carbocycles. The van der Waals surface area contributed by atoms with Crippen LogP contribution < -0.4 is 5.32 Å². The summed E-state index contributed by atoms with van der Waals surface area (Å²) in [5.74, 6) is -1.13. The predicted molar refractivity (Wildman–Crippen MR) is 104 cm³/mol. The Balaban J connectivity index is 1.90. The molecule has 0 spiro atoms. The third-order valence-electron chi connectivity index (χ3n) is 4.54. The van der Waals surface area contributed by atoms with Gasteiger partial charge in [0.1, 0.15) is 0 Å². The van der Waals surface area contributed by atoms with E-state index in [-0.39, 0.29) is 0 Å². The zero-order valence-electron chi connectivity index (χ0n) is 15.2. The molecular weight excluding hydrogens is 324 g/mol. The summed E-state index contributed by atoms with van der Waals surface area (Å²) in [6, 6.07) is 19.1. The monoisotopic (exact) mass is 346 g/mol. The third kappa shape index (κ3) is 3.31. The SMILES string of the molecule is CCc1ccccc1NC(=O)C(=O)c1cc(C)n(-c2ccccc2)c1C. The average Bonchev–Trinajstić information content (AvgIpc) is 2.96. The first-order chi connectivity index (χ1) is 12.5. The molecule has 1 N–H and O–H groups in total. The zero-order valence-corrected chi connectivity index (χ0v) is 15.2. The number of hydrogen-bond acceptors (Lipinski definition) is 2. The van der Waals surface area contributed by atoms with E-state index in [9.17, 15) is 9.59 Å². The molecule has 0 radical (unpaired) electrons. The highest BCUT2D eigenvalue weighted by Crippen LogP contribution is 2.22. The van der Waals surface area contributed by atoms with E-state index in [1.54, 1.807) is 6.07 Å². The van der Waals surface area contributed by atoms with Crippen molar-refractivity contribution in [2.45, 2.75) is 27.2 Å². The van der Waals surface area contributed by atoms with Crippen molar-refractivity contribution in [3.8, 4) is 5.69 Å². The largest absolute Gasteiger partial charge is 0.319 e. The van der Waals surface area contributed by atoms with Gasteiger partial charge in [-0.25, -0.2) is 0 Å². The number of hydrogen-bond donors (Lipinski definition) is 1. The van der Waals surface area contributed by atoms with Crippen LogP contribution in [0.3, 0.4) is 0 Å². The van der Waals surface area contributed by atoms with Crippen LogP contribution in [0.5, 0.6) is 0 Å². The van der Waals surface area contributed by atoms with Crippen molar-refractivity contribution in [3.63, 3.8) is 0 Å². The van der Waals surface area contributed by atoms with Crippen molar-refractivity contribution in [2.75, 3.05) is 5.32 Å². The Hall–Kier alpha value is -3.14. The molecule has 1 amide bonds. The summed E-state index contributed by atoms with van der Waals surface area (Å²) in [7, 11) is 0. The van der Waals surface area contributed by atoms with E-state index in [4.69, 9.17) is 0 Å². The van der Waals surface area contributed by atoms with Crippen LogP contribution in [0, 0.1) is 13.8 Å². The minimum atomic E-state index is -0.612. The van der Waals surface area contributed by atoms with E-state index in [1.165, 1.54) is 0 Å². The van der Waals surface area contributed by atoms with Crippen LogP contribution in [-0.4, -0.2) is 16.3 Å². The summed E-state index contributed by atoms with van der Waals surface area (Å²) < 4.78 is 1.99. The van der Waals surface area contributed by atoms with Gasteiger partial charge in [0.2, 0.25) is 0 Å². The molecule has 0 atom stereocenters. The van der Waals surface area contributed by atoms with Crippen LogP contribution in [-0.2, 0) is 11.2 Å². The number of nitrogens with one attached hydrogen (secondary N) is 1. The van der Waals surface area contributed by atoms with Crippen LogP contribution in [0.4, 0.5) is 5.69 Å². The fourth-order valence-corrected chi connectivity index (χ4v) is 3.22. The Labute approximate surface area is 153 Å². The molecule has 132 valence electrons. The summed E-state index contributed by atoms with van der Waals surface area (Å²) in [6.07, 6.45) is 0.785. The standard InChI is InChI=1S/C22H22N2O2/c1-4-17-10-8-9-13-20(17)23-22(26)21(25)19-14-15(2)24(16(19)3)18-11-6-5-7-12-18/h5-14H,4H2,1-3H3,(H,23,26). The molecule has 0 saturated carbocycles. The molecule has 0 bridgehead atoms. The number of nitrogens with zero attached hydrogens (tertiary/aromatic N) is 1. The summed E-state index contributed by atoms with van der Waals surface area (Å²) in [5.41, 5.74) is 4.76. The number of amides is 1. The van der Waals surface area contributed by atoms with Crippen molar-refractivity contribution in [3.05, 3.63) is 83.2 Å². The number of aromatic nitrogens is 1. The molecule has 0 aliphatic heterocycles. The highest BCUT2D eigenvalue weighted by molar-refractivity contribution is 6.46. The highest BCUT2D eigenvalue weighted by Gasteiger charge is 2.23. The van der Waals surface area contributed by atoms with E-state index in [2.05, 4.69) is 5.32 Å². The number of anilines is 1. The Morgan fingerprint density at radius 3 is 2.31 bits per heavy atom. The number of ketones is 1. The van der Waals surface area contributed by atoms with Crippen molar-refractivity contribution in [1.29, 1.82) is 0 Å². The highest BCUT2D eigenvalue weighted by atomic mass is 16.2. The molecule has 1 aromatic heterocycles. The minimum Gasteiger partial charge on any atom is -0.319 e. The molecule has 0 aliphatic rings. The van der Waals surface area contributed by atoms with Gasteiger partial charge in [-0.3, -0.25) is 9.59 Å². The molecule has 26 heavy (non-hydrogen) atoms. The maximum absolute atomic E-state index is 12.7. The summed E-state index contributed by atoms with van der Waals surface area (Å²) in [6.45, 7) is 5.81. The van der Waals surface area contributed by atoms with E-state index in [0.717, 1.165) is 29.1 Å². The van der Waals surface area contributed by atoms with Gasteiger partial charge in [0.25, 0.3) is 11.7 Å². The Morgan fingerprint density at radius 2 is 1.62 bits per heavy atom. The van der Waals surface area contributed by atoms with Gasteiger partial charge in [-0.1, -0.05) is 43.3 Å². The molecule has 0 saturated heterocycles. The van der Waals surface area contributed by atoms with Crippen LogP contribution in [0.2, 0.25) is 0 Å². The number of carbonyl (C=O) groups excluding carboxylic acids is 2. The zero-order chi connectivity index (χ0) is 18.7. The van der Waals surface area contributed by atoms with Crippen molar-refractivity contribution >= 4 is 17.4 Å². The van der Waals surface area contributed by atoms with Crippen LogP contribution in [0.25, 0.3) is 5.69 Å². The number of carbonyl (C=O) groups is 2. The first-order valence-corrected chi connectivity index (χ1v) is 8.71. The second-order valence-electron chi connectivity index (χ2n) is 6.25. The lowest BCUT2D eigenvalue weighted by atomic mass is 10.1. The smallest absolute Gasteiger partial charge is 0.296 e. The van der Waals surface area contributed by atoms with Crippen LogP contribution in [0.15, 0.2) is 60.7 Å². The van der Waals surface area contributed by atoms with E-state index in [1.807, 2.05) is 79.9 Å². The molecule has 4 heteroatoms. The molecule has 0 unspecified atom stereocenters. The first-order valence-electron chi connectivity index (χ1n) is 8.71. The number of Topliss-reactive ketones (excluding diaryl/α,β-unsaturated/α-hetero) is 1. The Bertz CT molecular complexity index is 956. The van der Waals surface area contributed by atoms with Gasteiger partial charge in [-0.05, 0) is 50.1 Å². The van der Waals surface area contributed by atoms with Gasteiger partial charge in [-0.15, -0.1) is 0 Å². The van der Waals surface area contributed by atoms with Gasteiger partial charge >= 0.3 is 0 Å². The molecule has 3 rings (SSSR count). The van der Waals surface area contributed by atoms with Crippen LogP contribution in [0.1, 0.15) is 34.2 Å². The minimum absolute atomic E-state index is 0.429. The normalized spacial score (nSPS) is 10.6. The van der Waals surface area contributed by atoms with E-state index < -0.39 is 11.7 Å². The lowest BCUT2D eigenvalue weighted by Crippen LogP contribution is -2.24. The third-order valence-corrected chi connectivity index (χ3v) is 4.54. The van der Waals surface area contributed by atoms with E-state index >= 15 is 0 Å². The molecule has 0 aliphatic carbocycles. The second kappa shape index (κ2) is 7.40. The summed E-state index contributed by atoms with van der Waals surface area (Å²) >= 11 is 0. The molecule has 0 fully saturated rings. The number of aryl methyl sites for hydroxylation is 2. The lowest BCUT2D eigenvalue weighted by Gasteiger charge is -2.10. The van der Waals surface area contributed by atoms with Crippen molar-refractivity contribution in [2.24, 2.45) is 0 Å². The Kier molecular flexibility index (Phi) is 5.03. The number of para-hydroxylation sites is 2. The summed E-state index contributed by atoms with van der Waals surface area (Å²) in [5, 5.41) is 2.76. The second-order valence-corrected chi connectivity index (χ2v) is 6.25. The fourth-order valence-electron chi connectivity index (χ4n) is 3.22. The number of benzene rings is 2. The molecule has 4 nitrogen and oxygen atoms in total. The quantitative estimate of drug-likeness (QED) is 0.547. The van der Waals surface area contributed by atoms with Crippen molar-refractivity contribution in [1.82, 2.24) is 4.57 Å². The maximum atomic E-state index is 12.7. The van der Waals surface area contributed by atoms with E-state index in [0.29, 0.717) is 11.3 Å². The number of rotatable bonds is 5. The lowest BCUT2D eigenvalue weighted by molar-refractivity contribution is -0.112. The molecule has 3 aromatic rings. The molecule has 1 heterocycles. The van der Waals surface area contributed by atoms with Gasteiger partial charge in [-0.2, -0.15) is 0 Å². The van der Waals surface area contributed by atoms with Gasteiger partial charge in [0.15, 0.2) is 0 Å². The topological polar surface area (TPSA) is 51.1 Å². The van der Waals surface area contributed by atoms with Crippen LogP contribution >= 0.6 is 0 Å². The Morgan fingerprint density at radius 1 is 0.962 bits per heavy atom. The average molecular weight is 346 g/mol.